The van der Waals surface area contributed by atoms with Gasteiger partial charge in [-0.15, -0.1) is 12.6 Å². The zero-order valence-electron chi connectivity index (χ0n) is 12.4. The fraction of sp³-hybridized carbons (Fsp3) is 0.412. The Morgan fingerprint density at radius 1 is 1.45 bits per heavy atom. The van der Waals surface area contributed by atoms with Crippen molar-refractivity contribution in [2.24, 2.45) is 0 Å². The molecule has 1 aliphatic rings. The predicted octanol–water partition coefficient (Wildman–Crippen LogP) is 3.10. The highest BCUT2D eigenvalue weighted by Gasteiger charge is 2.16. The number of ether oxygens (including phenoxy) is 1. The highest BCUT2D eigenvalue weighted by Crippen LogP contribution is 2.20. The van der Waals surface area contributed by atoms with Gasteiger partial charge in [0.25, 0.3) is 0 Å². The fourth-order valence-electron chi connectivity index (χ4n) is 2.74. The highest BCUT2D eigenvalue weighted by atomic mass is 32.1. The van der Waals surface area contributed by atoms with Gasteiger partial charge in [0.15, 0.2) is 0 Å². The van der Waals surface area contributed by atoms with Gasteiger partial charge in [0.05, 0.1) is 11.6 Å². The van der Waals surface area contributed by atoms with E-state index in [9.17, 15) is 4.79 Å². The molecule has 1 aromatic heterocycles. The smallest absolute Gasteiger partial charge is 0.220 e. The predicted molar refractivity (Wildman–Crippen MR) is 89.0 cm³/mol. The lowest BCUT2D eigenvalue weighted by molar-refractivity contribution is -0.121. The van der Waals surface area contributed by atoms with Crippen LogP contribution in [0.2, 0.25) is 0 Å². The monoisotopic (exact) mass is 316 g/mol. The van der Waals surface area contributed by atoms with Crippen molar-refractivity contribution in [3.8, 4) is 0 Å². The maximum Gasteiger partial charge on any atom is 0.220 e. The molecule has 2 heterocycles. The SMILES string of the molecule is O=C(CCC1CCCO1)NCc1cnc2c(S)cccc2c1. The van der Waals surface area contributed by atoms with E-state index in [-0.39, 0.29) is 12.0 Å². The average molecular weight is 316 g/mol. The summed E-state index contributed by atoms with van der Waals surface area (Å²) in [6.45, 7) is 1.34. The van der Waals surface area contributed by atoms with E-state index in [0.717, 1.165) is 47.2 Å². The van der Waals surface area contributed by atoms with Gasteiger partial charge in [0.1, 0.15) is 0 Å². The van der Waals surface area contributed by atoms with Gasteiger partial charge < -0.3 is 10.1 Å². The molecular weight excluding hydrogens is 296 g/mol. The molecule has 0 radical (unpaired) electrons. The van der Waals surface area contributed by atoms with Gasteiger partial charge in [-0.25, -0.2) is 0 Å². The lowest BCUT2D eigenvalue weighted by atomic mass is 10.1. The van der Waals surface area contributed by atoms with Gasteiger partial charge in [0.2, 0.25) is 5.91 Å². The minimum atomic E-state index is 0.0681. The minimum Gasteiger partial charge on any atom is -0.378 e. The van der Waals surface area contributed by atoms with Crippen molar-refractivity contribution in [2.45, 2.75) is 43.2 Å². The summed E-state index contributed by atoms with van der Waals surface area (Å²) in [6, 6.07) is 7.93. The maximum absolute atomic E-state index is 11.9. The first-order valence-corrected chi connectivity index (χ1v) is 8.12. The number of carbonyl (C=O) groups is 1. The first-order valence-electron chi connectivity index (χ1n) is 7.67. The van der Waals surface area contributed by atoms with Crippen molar-refractivity contribution < 1.29 is 9.53 Å². The van der Waals surface area contributed by atoms with Crippen molar-refractivity contribution in [3.05, 3.63) is 36.0 Å². The molecule has 0 bridgehead atoms. The van der Waals surface area contributed by atoms with Crippen LogP contribution in [-0.4, -0.2) is 23.6 Å². The summed E-state index contributed by atoms with van der Waals surface area (Å²) in [4.78, 5) is 17.2. The third-order valence-electron chi connectivity index (χ3n) is 3.95. The number of pyridine rings is 1. The second kappa shape index (κ2) is 7.11. The standard InChI is InChI=1S/C17H20N2O2S/c20-16(7-6-14-4-2-8-21-14)18-10-12-9-13-3-1-5-15(22)17(13)19-11-12/h1,3,5,9,11,14,22H,2,4,6-8,10H2,(H,18,20). The van der Waals surface area contributed by atoms with E-state index in [0.29, 0.717) is 13.0 Å². The van der Waals surface area contributed by atoms with Crippen LogP contribution < -0.4 is 5.32 Å². The number of hydrogen-bond acceptors (Lipinski definition) is 4. The van der Waals surface area contributed by atoms with Gasteiger partial charge in [-0.3, -0.25) is 9.78 Å². The molecule has 0 spiro atoms. The van der Waals surface area contributed by atoms with E-state index in [1.54, 1.807) is 6.20 Å². The van der Waals surface area contributed by atoms with Crippen molar-refractivity contribution in [2.75, 3.05) is 6.61 Å². The molecule has 2 aromatic rings. The minimum absolute atomic E-state index is 0.0681. The molecule has 1 N–H and O–H groups in total. The summed E-state index contributed by atoms with van der Waals surface area (Å²) in [5.41, 5.74) is 1.89. The van der Waals surface area contributed by atoms with Gasteiger partial charge in [-0.1, -0.05) is 12.1 Å². The molecule has 4 nitrogen and oxygen atoms in total. The molecule has 22 heavy (non-hydrogen) atoms. The zero-order valence-corrected chi connectivity index (χ0v) is 13.3. The summed E-state index contributed by atoms with van der Waals surface area (Å²) < 4.78 is 5.53. The molecule has 116 valence electrons. The molecule has 0 saturated carbocycles. The van der Waals surface area contributed by atoms with Crippen LogP contribution in [0, 0.1) is 0 Å². The molecule has 3 rings (SSSR count). The van der Waals surface area contributed by atoms with Gasteiger partial charge in [-0.05, 0) is 37.0 Å². The molecule has 1 saturated heterocycles. The summed E-state index contributed by atoms with van der Waals surface area (Å²) in [7, 11) is 0. The normalized spacial score (nSPS) is 17.8. The number of aromatic nitrogens is 1. The highest BCUT2D eigenvalue weighted by molar-refractivity contribution is 7.80. The van der Waals surface area contributed by atoms with E-state index in [4.69, 9.17) is 4.74 Å². The van der Waals surface area contributed by atoms with Crippen molar-refractivity contribution in [1.82, 2.24) is 10.3 Å². The Labute approximate surface area is 135 Å². The topological polar surface area (TPSA) is 51.2 Å². The third-order valence-corrected chi connectivity index (χ3v) is 4.31. The molecule has 0 aliphatic carbocycles. The summed E-state index contributed by atoms with van der Waals surface area (Å²) in [5.74, 6) is 0.0681. The Morgan fingerprint density at radius 3 is 3.18 bits per heavy atom. The van der Waals surface area contributed by atoms with E-state index in [1.807, 2.05) is 24.3 Å². The van der Waals surface area contributed by atoms with Crippen LogP contribution in [0.4, 0.5) is 0 Å². The lowest BCUT2D eigenvalue weighted by Gasteiger charge is -2.10. The molecular formula is C17H20N2O2S. The largest absolute Gasteiger partial charge is 0.378 e. The summed E-state index contributed by atoms with van der Waals surface area (Å²) >= 11 is 4.40. The number of rotatable bonds is 5. The van der Waals surface area contributed by atoms with Crippen LogP contribution in [0.25, 0.3) is 10.9 Å². The van der Waals surface area contributed by atoms with Crippen molar-refractivity contribution >= 4 is 29.4 Å². The zero-order chi connectivity index (χ0) is 15.4. The van der Waals surface area contributed by atoms with E-state index in [2.05, 4.69) is 22.9 Å². The number of thiol groups is 1. The molecule has 1 amide bonds. The Kier molecular flexibility index (Phi) is 4.95. The van der Waals surface area contributed by atoms with Crippen LogP contribution in [0.1, 0.15) is 31.2 Å². The molecule has 5 heteroatoms. The van der Waals surface area contributed by atoms with E-state index < -0.39 is 0 Å². The number of carbonyl (C=O) groups excluding carboxylic acids is 1. The van der Waals surface area contributed by atoms with Gasteiger partial charge in [-0.2, -0.15) is 0 Å². The Hall–Kier alpha value is -1.59. The molecule has 1 atom stereocenters. The second-order valence-corrected chi connectivity index (χ2v) is 6.12. The van der Waals surface area contributed by atoms with Crippen LogP contribution in [0.3, 0.4) is 0 Å². The van der Waals surface area contributed by atoms with E-state index in [1.165, 1.54) is 0 Å². The quantitative estimate of drug-likeness (QED) is 0.834. The molecule has 1 aromatic carbocycles. The van der Waals surface area contributed by atoms with Crippen molar-refractivity contribution in [1.29, 1.82) is 0 Å². The number of nitrogens with zero attached hydrogens (tertiary/aromatic N) is 1. The number of hydrogen-bond donors (Lipinski definition) is 2. The Morgan fingerprint density at radius 2 is 2.36 bits per heavy atom. The van der Waals surface area contributed by atoms with Crippen LogP contribution in [-0.2, 0) is 16.1 Å². The summed E-state index contributed by atoms with van der Waals surface area (Å²) in [6.07, 6.45) is 5.58. The number of amides is 1. The number of para-hydroxylation sites is 1. The third kappa shape index (κ3) is 3.78. The average Bonchev–Trinajstić information content (AvgIpc) is 3.04. The Balaban J connectivity index is 1.53. The molecule has 1 unspecified atom stereocenters. The van der Waals surface area contributed by atoms with Gasteiger partial charge >= 0.3 is 0 Å². The lowest BCUT2D eigenvalue weighted by Crippen LogP contribution is -2.24. The number of benzene rings is 1. The second-order valence-electron chi connectivity index (χ2n) is 5.64. The fourth-order valence-corrected chi connectivity index (χ4v) is 3.01. The first kappa shape index (κ1) is 15.3. The van der Waals surface area contributed by atoms with Crippen LogP contribution >= 0.6 is 12.6 Å². The maximum atomic E-state index is 11.9. The Bertz CT molecular complexity index is 669. The summed E-state index contributed by atoms with van der Waals surface area (Å²) in [5, 5.41) is 3.99. The van der Waals surface area contributed by atoms with Crippen LogP contribution in [0.15, 0.2) is 35.4 Å². The van der Waals surface area contributed by atoms with Crippen LogP contribution in [0.5, 0.6) is 0 Å². The molecule has 1 fully saturated rings. The first-order chi connectivity index (χ1) is 10.7. The number of fused-ring (bicyclic) bond motifs is 1. The molecule has 1 aliphatic heterocycles. The van der Waals surface area contributed by atoms with Gasteiger partial charge in [0, 0.05) is 36.1 Å². The van der Waals surface area contributed by atoms with E-state index >= 15 is 0 Å². The number of nitrogens with one attached hydrogen (secondary N) is 1. The van der Waals surface area contributed by atoms with Crippen molar-refractivity contribution in [3.63, 3.8) is 0 Å².